The Labute approximate surface area is 162 Å². The monoisotopic (exact) mass is 384 g/mol. The number of rotatable bonds is 6. The van der Waals surface area contributed by atoms with Gasteiger partial charge in [-0.2, -0.15) is 4.99 Å². The number of methoxy groups -OCH3 is 1. The molecule has 1 amide bonds. The van der Waals surface area contributed by atoms with Crippen LogP contribution in [0.1, 0.15) is 28.4 Å². The first-order chi connectivity index (χ1) is 13.0. The first-order valence-corrected chi connectivity index (χ1v) is 9.77. The molecule has 0 saturated heterocycles. The topological polar surface area (TPSA) is 52.8 Å². The molecule has 0 fully saturated rings. The van der Waals surface area contributed by atoms with Crippen molar-refractivity contribution in [1.29, 1.82) is 0 Å². The molecule has 0 bridgehead atoms. The molecular formula is C21H24N2O3S. The van der Waals surface area contributed by atoms with Crippen molar-refractivity contribution >= 4 is 27.5 Å². The summed E-state index contributed by atoms with van der Waals surface area (Å²) in [6, 6.07) is 11.7. The number of fused-ring (bicyclic) bond motifs is 1. The summed E-state index contributed by atoms with van der Waals surface area (Å²) in [5, 5.41) is 0. The molecule has 0 aliphatic carbocycles. The maximum Gasteiger partial charge on any atom is 0.279 e. The number of aryl methyl sites for hydroxylation is 2. The molecule has 0 atom stereocenters. The van der Waals surface area contributed by atoms with Crippen LogP contribution in [-0.2, 0) is 11.3 Å². The quantitative estimate of drug-likeness (QED) is 0.601. The lowest BCUT2D eigenvalue weighted by atomic mass is 10.1. The van der Waals surface area contributed by atoms with Gasteiger partial charge in [0.1, 0.15) is 11.3 Å². The number of ether oxygens (including phenoxy) is 2. The molecule has 1 aromatic heterocycles. The summed E-state index contributed by atoms with van der Waals surface area (Å²) in [5.74, 6) is 0.535. The standard InChI is InChI=1S/C21H24N2O3S/c1-5-26-12-11-23-19-17(25-4)7-6-8-18(19)27-21(23)22-20(24)16-13-14(2)9-10-15(16)3/h6-10,13H,5,11-12H2,1-4H3. The number of hydrogen-bond acceptors (Lipinski definition) is 4. The Morgan fingerprint density at radius 2 is 2.04 bits per heavy atom. The second kappa shape index (κ2) is 8.50. The van der Waals surface area contributed by atoms with Gasteiger partial charge in [0, 0.05) is 18.7 Å². The van der Waals surface area contributed by atoms with Gasteiger partial charge in [-0.25, -0.2) is 0 Å². The fraction of sp³-hybridized carbons (Fsp3) is 0.333. The zero-order valence-corrected chi connectivity index (χ0v) is 16.9. The van der Waals surface area contributed by atoms with Gasteiger partial charge in [0.05, 0.1) is 18.4 Å². The SMILES string of the molecule is CCOCCn1c(=NC(=O)c2cc(C)ccc2C)sc2cccc(OC)c21. The van der Waals surface area contributed by atoms with Gasteiger partial charge < -0.3 is 14.0 Å². The van der Waals surface area contributed by atoms with Crippen molar-refractivity contribution in [1.82, 2.24) is 4.57 Å². The fourth-order valence-electron chi connectivity index (χ4n) is 2.97. The molecule has 0 spiro atoms. The molecule has 1 heterocycles. The van der Waals surface area contributed by atoms with Crippen molar-refractivity contribution in [3.8, 4) is 5.75 Å². The Kier molecular flexibility index (Phi) is 6.08. The number of amides is 1. The van der Waals surface area contributed by atoms with Gasteiger partial charge in [0.25, 0.3) is 5.91 Å². The third-order valence-corrected chi connectivity index (χ3v) is 5.41. The number of hydrogen-bond donors (Lipinski definition) is 0. The minimum Gasteiger partial charge on any atom is -0.495 e. The van der Waals surface area contributed by atoms with E-state index in [0.717, 1.165) is 27.1 Å². The molecule has 0 aliphatic rings. The number of carbonyl (C=O) groups is 1. The maximum atomic E-state index is 12.9. The van der Waals surface area contributed by atoms with E-state index in [4.69, 9.17) is 9.47 Å². The van der Waals surface area contributed by atoms with Gasteiger partial charge in [0.15, 0.2) is 4.80 Å². The first kappa shape index (κ1) is 19.3. The maximum absolute atomic E-state index is 12.9. The number of carbonyl (C=O) groups excluding carboxylic acids is 1. The molecule has 0 radical (unpaired) electrons. The second-order valence-electron chi connectivity index (χ2n) is 6.28. The van der Waals surface area contributed by atoms with E-state index in [0.29, 0.717) is 30.1 Å². The van der Waals surface area contributed by atoms with Crippen molar-refractivity contribution in [2.24, 2.45) is 4.99 Å². The number of aromatic nitrogens is 1. The van der Waals surface area contributed by atoms with Gasteiger partial charge >= 0.3 is 0 Å². The van der Waals surface area contributed by atoms with Crippen LogP contribution in [0.5, 0.6) is 5.75 Å². The van der Waals surface area contributed by atoms with Crippen LogP contribution in [0.15, 0.2) is 41.4 Å². The highest BCUT2D eigenvalue weighted by atomic mass is 32.1. The lowest BCUT2D eigenvalue weighted by Gasteiger charge is -2.08. The molecule has 0 N–H and O–H groups in total. The van der Waals surface area contributed by atoms with Gasteiger partial charge in [-0.15, -0.1) is 0 Å². The summed E-state index contributed by atoms with van der Waals surface area (Å²) >= 11 is 1.48. The van der Waals surface area contributed by atoms with Crippen LogP contribution < -0.4 is 9.54 Å². The molecule has 27 heavy (non-hydrogen) atoms. The van der Waals surface area contributed by atoms with Crippen LogP contribution in [0.4, 0.5) is 0 Å². The summed E-state index contributed by atoms with van der Waals surface area (Å²) in [6.07, 6.45) is 0. The summed E-state index contributed by atoms with van der Waals surface area (Å²) in [4.78, 5) is 18.0. The minimum atomic E-state index is -0.230. The third-order valence-electron chi connectivity index (χ3n) is 4.37. The highest BCUT2D eigenvalue weighted by molar-refractivity contribution is 7.16. The van der Waals surface area contributed by atoms with Crippen molar-refractivity contribution < 1.29 is 14.3 Å². The minimum absolute atomic E-state index is 0.230. The van der Waals surface area contributed by atoms with Crippen LogP contribution in [-0.4, -0.2) is 30.8 Å². The first-order valence-electron chi connectivity index (χ1n) is 8.95. The van der Waals surface area contributed by atoms with Crippen molar-refractivity contribution in [3.63, 3.8) is 0 Å². The molecule has 0 aliphatic heterocycles. The summed E-state index contributed by atoms with van der Waals surface area (Å²) in [5.41, 5.74) is 3.54. The summed E-state index contributed by atoms with van der Waals surface area (Å²) in [7, 11) is 1.65. The number of nitrogens with zero attached hydrogens (tertiary/aromatic N) is 2. The highest BCUT2D eigenvalue weighted by Crippen LogP contribution is 2.27. The van der Waals surface area contributed by atoms with E-state index >= 15 is 0 Å². The van der Waals surface area contributed by atoms with Crippen molar-refractivity contribution in [2.45, 2.75) is 27.3 Å². The Balaban J connectivity index is 2.14. The lowest BCUT2D eigenvalue weighted by molar-refractivity contribution is 0.0996. The predicted octanol–water partition coefficient (Wildman–Crippen LogP) is 4.11. The fourth-order valence-corrected chi connectivity index (χ4v) is 4.04. The Bertz CT molecular complexity index is 1030. The van der Waals surface area contributed by atoms with Gasteiger partial charge in [0.2, 0.25) is 0 Å². The largest absolute Gasteiger partial charge is 0.495 e. The molecule has 3 rings (SSSR count). The Hall–Kier alpha value is -2.44. The molecule has 2 aromatic carbocycles. The van der Waals surface area contributed by atoms with Gasteiger partial charge in [-0.05, 0) is 44.5 Å². The molecule has 3 aromatic rings. The van der Waals surface area contributed by atoms with Crippen LogP contribution in [0.2, 0.25) is 0 Å². The van der Waals surface area contributed by atoms with Crippen LogP contribution in [0.25, 0.3) is 10.2 Å². The zero-order chi connectivity index (χ0) is 19.4. The van der Waals surface area contributed by atoms with E-state index in [1.165, 1.54) is 11.3 Å². The van der Waals surface area contributed by atoms with Crippen LogP contribution in [0, 0.1) is 13.8 Å². The van der Waals surface area contributed by atoms with E-state index in [9.17, 15) is 4.79 Å². The Morgan fingerprint density at radius 1 is 1.22 bits per heavy atom. The van der Waals surface area contributed by atoms with Crippen LogP contribution >= 0.6 is 11.3 Å². The molecule has 0 unspecified atom stereocenters. The summed E-state index contributed by atoms with van der Waals surface area (Å²) in [6.45, 7) is 7.67. The van der Waals surface area contributed by atoms with Gasteiger partial charge in [-0.1, -0.05) is 35.1 Å². The highest BCUT2D eigenvalue weighted by Gasteiger charge is 2.14. The normalized spacial score (nSPS) is 11.9. The van der Waals surface area contributed by atoms with E-state index in [1.54, 1.807) is 7.11 Å². The van der Waals surface area contributed by atoms with E-state index < -0.39 is 0 Å². The van der Waals surface area contributed by atoms with E-state index in [2.05, 4.69) is 4.99 Å². The van der Waals surface area contributed by atoms with E-state index in [-0.39, 0.29) is 5.91 Å². The molecular weight excluding hydrogens is 360 g/mol. The second-order valence-corrected chi connectivity index (χ2v) is 7.28. The Morgan fingerprint density at radius 3 is 2.78 bits per heavy atom. The number of benzene rings is 2. The molecule has 5 nitrogen and oxygen atoms in total. The predicted molar refractivity (Wildman–Crippen MR) is 109 cm³/mol. The number of thiazole rings is 1. The average molecular weight is 385 g/mol. The third kappa shape index (κ3) is 4.12. The van der Waals surface area contributed by atoms with Crippen molar-refractivity contribution in [3.05, 3.63) is 57.9 Å². The smallest absolute Gasteiger partial charge is 0.279 e. The lowest BCUT2D eigenvalue weighted by Crippen LogP contribution is -2.20. The zero-order valence-electron chi connectivity index (χ0n) is 16.1. The average Bonchev–Trinajstić information content (AvgIpc) is 3.01. The summed E-state index contributed by atoms with van der Waals surface area (Å²) < 4.78 is 14.1. The number of para-hydroxylation sites is 1. The van der Waals surface area contributed by atoms with E-state index in [1.807, 2.05) is 61.7 Å². The molecule has 142 valence electrons. The van der Waals surface area contributed by atoms with Crippen molar-refractivity contribution in [2.75, 3.05) is 20.3 Å². The van der Waals surface area contributed by atoms with Crippen LogP contribution in [0.3, 0.4) is 0 Å². The molecule has 0 saturated carbocycles. The molecule has 6 heteroatoms. The van der Waals surface area contributed by atoms with Gasteiger partial charge in [-0.3, -0.25) is 4.79 Å².